The summed E-state index contributed by atoms with van der Waals surface area (Å²) in [6.45, 7) is 8.34. The molecule has 0 aliphatic heterocycles. The molecule has 0 N–H and O–H groups in total. The highest BCUT2D eigenvalue weighted by molar-refractivity contribution is 4.61. The summed E-state index contributed by atoms with van der Waals surface area (Å²) in [6, 6.07) is 0. The van der Waals surface area contributed by atoms with Crippen LogP contribution in [0.2, 0.25) is 0 Å². The number of hydrogen-bond acceptors (Lipinski definition) is 1. The summed E-state index contributed by atoms with van der Waals surface area (Å²) in [6.07, 6.45) is 1.86. The Morgan fingerprint density at radius 1 is 1.09 bits per heavy atom. The third-order valence-electron chi connectivity index (χ3n) is 1.90. The summed E-state index contributed by atoms with van der Waals surface area (Å²) in [4.78, 5) is 4.11. The lowest BCUT2D eigenvalue weighted by molar-refractivity contribution is -0.344. The molecule has 0 saturated heterocycles. The molecule has 0 aromatic carbocycles. The molecule has 0 amide bonds. The molecule has 0 aliphatic carbocycles. The molecule has 2 nitrogen and oxygen atoms in total. The van der Waals surface area contributed by atoms with E-state index in [1.807, 2.05) is 13.8 Å². The van der Waals surface area contributed by atoms with Gasteiger partial charge in [0.1, 0.15) is 0 Å². The van der Waals surface area contributed by atoms with Crippen molar-refractivity contribution < 1.29 is 10.1 Å². The average Bonchev–Trinajstić information content (AvgIpc) is 1.87. The minimum absolute atomic E-state index is 0.0996. The van der Waals surface area contributed by atoms with Crippen molar-refractivity contribution in [2.45, 2.75) is 46.6 Å². The van der Waals surface area contributed by atoms with Gasteiger partial charge >= 0.3 is 0 Å². The van der Waals surface area contributed by atoms with E-state index in [4.69, 9.17) is 0 Å². The lowest BCUT2D eigenvalue weighted by Crippen LogP contribution is -2.18. The van der Waals surface area contributed by atoms with Crippen LogP contribution in [-0.4, -0.2) is 6.10 Å². The summed E-state index contributed by atoms with van der Waals surface area (Å²) in [5.74, 6) is 0.998. The Kier molecular flexibility index (Phi) is 5.51. The molecule has 0 heterocycles. The van der Waals surface area contributed by atoms with Gasteiger partial charge < -0.3 is 0 Å². The minimum atomic E-state index is -0.0996. The van der Waals surface area contributed by atoms with E-state index in [0.717, 1.165) is 12.8 Å². The lowest BCUT2D eigenvalue weighted by Gasteiger charge is -2.16. The highest BCUT2D eigenvalue weighted by atomic mass is 17.1. The average molecular weight is 159 g/mol. The van der Waals surface area contributed by atoms with Gasteiger partial charge in [0.2, 0.25) is 0 Å². The SMILES string of the molecule is CC(C)CCC(O[O])C(C)C. The first-order chi connectivity index (χ1) is 5.07. The van der Waals surface area contributed by atoms with Crippen LogP contribution in [0, 0.1) is 11.8 Å². The maximum Gasteiger partial charge on any atom is 0.0985 e. The normalized spacial score (nSPS) is 14.5. The fourth-order valence-corrected chi connectivity index (χ4v) is 0.990. The molecular formula is C9H19O2. The lowest BCUT2D eigenvalue weighted by atomic mass is 9.98. The Morgan fingerprint density at radius 2 is 1.64 bits per heavy atom. The first kappa shape index (κ1) is 10.9. The second-order valence-corrected chi connectivity index (χ2v) is 3.85. The molecule has 11 heavy (non-hydrogen) atoms. The topological polar surface area (TPSA) is 29.1 Å². The predicted molar refractivity (Wildman–Crippen MR) is 44.5 cm³/mol. The second kappa shape index (κ2) is 5.56. The quantitative estimate of drug-likeness (QED) is 0.448. The van der Waals surface area contributed by atoms with Crippen LogP contribution < -0.4 is 0 Å². The molecule has 0 saturated carbocycles. The van der Waals surface area contributed by atoms with Crippen LogP contribution >= 0.6 is 0 Å². The monoisotopic (exact) mass is 159 g/mol. The third-order valence-corrected chi connectivity index (χ3v) is 1.90. The summed E-state index contributed by atoms with van der Waals surface area (Å²) in [7, 11) is 0. The molecule has 0 bridgehead atoms. The zero-order valence-corrected chi connectivity index (χ0v) is 7.96. The van der Waals surface area contributed by atoms with Gasteiger partial charge in [0, 0.05) is 0 Å². The Balaban J connectivity index is 3.52. The van der Waals surface area contributed by atoms with Crippen LogP contribution in [0.3, 0.4) is 0 Å². The van der Waals surface area contributed by atoms with Gasteiger partial charge in [-0.25, -0.2) is 4.89 Å². The van der Waals surface area contributed by atoms with Crippen LogP contribution in [0.1, 0.15) is 40.5 Å². The van der Waals surface area contributed by atoms with Crippen LogP contribution in [0.5, 0.6) is 0 Å². The fourth-order valence-electron chi connectivity index (χ4n) is 0.990. The molecule has 0 aliphatic rings. The smallest absolute Gasteiger partial charge is 0.0985 e. The first-order valence-corrected chi connectivity index (χ1v) is 4.36. The van der Waals surface area contributed by atoms with Crippen molar-refractivity contribution in [3.8, 4) is 0 Å². The van der Waals surface area contributed by atoms with Crippen LogP contribution in [0.15, 0.2) is 0 Å². The molecule has 1 atom stereocenters. The van der Waals surface area contributed by atoms with Crippen molar-refractivity contribution in [3.05, 3.63) is 0 Å². The van der Waals surface area contributed by atoms with Crippen LogP contribution in [-0.2, 0) is 10.1 Å². The predicted octanol–water partition coefficient (Wildman–Crippen LogP) is 2.81. The van der Waals surface area contributed by atoms with Crippen LogP contribution in [0.25, 0.3) is 0 Å². The minimum Gasteiger partial charge on any atom is -0.200 e. The summed E-state index contributed by atoms with van der Waals surface area (Å²) >= 11 is 0. The van der Waals surface area contributed by atoms with E-state index in [-0.39, 0.29) is 6.10 Å². The zero-order valence-electron chi connectivity index (χ0n) is 7.96. The van der Waals surface area contributed by atoms with Gasteiger partial charge in [-0.05, 0) is 29.9 Å². The van der Waals surface area contributed by atoms with Gasteiger partial charge in [-0.3, -0.25) is 0 Å². The van der Waals surface area contributed by atoms with E-state index in [9.17, 15) is 5.26 Å². The van der Waals surface area contributed by atoms with Crippen molar-refractivity contribution in [2.24, 2.45) is 11.8 Å². The van der Waals surface area contributed by atoms with Crippen molar-refractivity contribution >= 4 is 0 Å². The van der Waals surface area contributed by atoms with Gasteiger partial charge in [-0.15, -0.1) is 0 Å². The molecule has 1 radical (unpaired) electrons. The Bertz CT molecular complexity index is 89.6. The van der Waals surface area contributed by atoms with E-state index in [2.05, 4.69) is 18.7 Å². The highest BCUT2D eigenvalue weighted by Crippen LogP contribution is 2.15. The molecule has 0 aromatic rings. The van der Waals surface area contributed by atoms with E-state index in [1.165, 1.54) is 0 Å². The van der Waals surface area contributed by atoms with Crippen molar-refractivity contribution in [1.82, 2.24) is 0 Å². The molecule has 0 fully saturated rings. The zero-order chi connectivity index (χ0) is 8.85. The van der Waals surface area contributed by atoms with Crippen LogP contribution in [0.4, 0.5) is 0 Å². The van der Waals surface area contributed by atoms with Gasteiger partial charge in [0.05, 0.1) is 6.10 Å². The summed E-state index contributed by atoms with van der Waals surface area (Å²) in [5, 5.41) is 10.2. The van der Waals surface area contributed by atoms with E-state index >= 15 is 0 Å². The fraction of sp³-hybridized carbons (Fsp3) is 1.00. The third kappa shape index (κ3) is 5.22. The van der Waals surface area contributed by atoms with E-state index in [1.54, 1.807) is 0 Å². The molecule has 2 heteroatoms. The van der Waals surface area contributed by atoms with Gasteiger partial charge in [-0.1, -0.05) is 27.7 Å². The molecule has 0 spiro atoms. The number of hydrogen-bond donors (Lipinski definition) is 0. The molecule has 0 aromatic heterocycles. The standard InChI is InChI=1S/C9H19O2/c1-7(2)5-6-9(11-10)8(3)4/h7-9H,5-6H2,1-4H3. The van der Waals surface area contributed by atoms with Gasteiger partial charge in [0.25, 0.3) is 0 Å². The van der Waals surface area contributed by atoms with Gasteiger partial charge in [0.15, 0.2) is 0 Å². The van der Waals surface area contributed by atoms with E-state index in [0.29, 0.717) is 11.8 Å². The Hall–Kier alpha value is -0.0800. The van der Waals surface area contributed by atoms with Crippen molar-refractivity contribution in [3.63, 3.8) is 0 Å². The molecular weight excluding hydrogens is 140 g/mol. The first-order valence-electron chi connectivity index (χ1n) is 4.36. The number of rotatable bonds is 5. The summed E-state index contributed by atoms with van der Waals surface area (Å²) < 4.78 is 0. The Labute approximate surface area is 69.5 Å². The van der Waals surface area contributed by atoms with Gasteiger partial charge in [-0.2, -0.15) is 0 Å². The maximum absolute atomic E-state index is 10.2. The van der Waals surface area contributed by atoms with E-state index < -0.39 is 0 Å². The molecule has 1 unspecified atom stereocenters. The maximum atomic E-state index is 10.2. The highest BCUT2D eigenvalue weighted by Gasteiger charge is 2.14. The Morgan fingerprint density at radius 3 is 1.91 bits per heavy atom. The molecule has 0 rings (SSSR count). The largest absolute Gasteiger partial charge is 0.200 e. The molecule has 67 valence electrons. The summed E-state index contributed by atoms with van der Waals surface area (Å²) in [5.41, 5.74) is 0. The van der Waals surface area contributed by atoms with Crippen molar-refractivity contribution in [1.29, 1.82) is 0 Å². The van der Waals surface area contributed by atoms with Crippen molar-refractivity contribution in [2.75, 3.05) is 0 Å². The second-order valence-electron chi connectivity index (χ2n) is 3.85.